The van der Waals surface area contributed by atoms with Crippen molar-refractivity contribution in [1.82, 2.24) is 5.32 Å². The smallest absolute Gasteiger partial charge is 0.225 e. The number of nitrogens with two attached hydrogens (primary N) is 1. The van der Waals surface area contributed by atoms with Crippen molar-refractivity contribution in [3.8, 4) is 0 Å². The summed E-state index contributed by atoms with van der Waals surface area (Å²) in [6.07, 6.45) is 0. The monoisotopic (exact) mass is 240 g/mol. The van der Waals surface area contributed by atoms with Crippen LogP contribution >= 0.6 is 11.6 Å². The summed E-state index contributed by atoms with van der Waals surface area (Å²) in [6, 6.07) is 5.35. The van der Waals surface area contributed by atoms with Gasteiger partial charge in [-0.1, -0.05) is 38.4 Å². The van der Waals surface area contributed by atoms with Crippen LogP contribution in [0, 0.1) is 5.41 Å². The minimum Gasteiger partial charge on any atom is -0.398 e. The van der Waals surface area contributed by atoms with Crippen LogP contribution in [0.5, 0.6) is 0 Å². The van der Waals surface area contributed by atoms with Gasteiger partial charge in [0.2, 0.25) is 5.91 Å². The largest absolute Gasteiger partial charge is 0.398 e. The lowest BCUT2D eigenvalue weighted by Gasteiger charge is -2.17. The van der Waals surface area contributed by atoms with Crippen molar-refractivity contribution in [1.29, 1.82) is 0 Å². The van der Waals surface area contributed by atoms with E-state index in [2.05, 4.69) is 5.32 Å². The van der Waals surface area contributed by atoms with E-state index in [9.17, 15) is 4.79 Å². The lowest BCUT2D eigenvalue weighted by Crippen LogP contribution is -2.34. The number of nitrogens with one attached hydrogen (secondary N) is 1. The summed E-state index contributed by atoms with van der Waals surface area (Å²) in [6.45, 7) is 6.09. The highest BCUT2D eigenvalue weighted by Crippen LogP contribution is 2.19. The van der Waals surface area contributed by atoms with E-state index in [1.807, 2.05) is 26.8 Å². The molecule has 4 heteroatoms. The molecule has 1 rings (SSSR count). The van der Waals surface area contributed by atoms with Crippen molar-refractivity contribution < 1.29 is 4.79 Å². The number of halogens is 1. The molecule has 3 nitrogen and oxygen atoms in total. The zero-order valence-electron chi connectivity index (χ0n) is 9.80. The molecule has 0 aliphatic rings. The second-order valence-electron chi connectivity index (χ2n) is 4.79. The Bertz CT molecular complexity index is 396. The first-order valence-electron chi connectivity index (χ1n) is 5.13. The molecule has 0 aliphatic carbocycles. The van der Waals surface area contributed by atoms with Gasteiger partial charge >= 0.3 is 0 Å². The minimum atomic E-state index is -0.377. The van der Waals surface area contributed by atoms with Crippen LogP contribution in [0.3, 0.4) is 0 Å². The van der Waals surface area contributed by atoms with E-state index < -0.39 is 0 Å². The molecule has 3 N–H and O–H groups in total. The molecule has 88 valence electrons. The predicted molar refractivity (Wildman–Crippen MR) is 67.2 cm³/mol. The van der Waals surface area contributed by atoms with Crippen molar-refractivity contribution in [3.05, 3.63) is 28.8 Å². The molecule has 0 radical (unpaired) electrons. The Morgan fingerprint density at radius 3 is 2.56 bits per heavy atom. The number of carbonyl (C=O) groups excluding carboxylic acids is 1. The van der Waals surface area contributed by atoms with Crippen LogP contribution in [-0.4, -0.2) is 5.91 Å². The number of hydrogen-bond acceptors (Lipinski definition) is 2. The molecule has 0 unspecified atom stereocenters. The lowest BCUT2D eigenvalue weighted by molar-refractivity contribution is -0.128. The van der Waals surface area contributed by atoms with E-state index in [1.165, 1.54) is 0 Å². The third-order valence-electron chi connectivity index (χ3n) is 2.19. The Hall–Kier alpha value is -1.22. The molecule has 0 fully saturated rings. The molecule has 0 bridgehead atoms. The highest BCUT2D eigenvalue weighted by Gasteiger charge is 2.20. The van der Waals surface area contributed by atoms with Gasteiger partial charge in [-0.3, -0.25) is 4.79 Å². The first-order chi connectivity index (χ1) is 7.30. The Morgan fingerprint density at radius 1 is 1.44 bits per heavy atom. The number of nitrogen functional groups attached to an aromatic ring is 1. The Morgan fingerprint density at radius 2 is 2.06 bits per heavy atom. The van der Waals surface area contributed by atoms with Crippen LogP contribution in [-0.2, 0) is 11.3 Å². The topological polar surface area (TPSA) is 55.1 Å². The summed E-state index contributed by atoms with van der Waals surface area (Å²) >= 11 is 5.80. The average Bonchev–Trinajstić information content (AvgIpc) is 2.18. The molecule has 0 heterocycles. The second-order valence-corrected chi connectivity index (χ2v) is 5.20. The maximum absolute atomic E-state index is 11.6. The number of anilines is 1. The average molecular weight is 241 g/mol. The number of hydrogen-bond donors (Lipinski definition) is 2. The van der Waals surface area contributed by atoms with Gasteiger partial charge in [0.05, 0.1) is 10.7 Å². The quantitative estimate of drug-likeness (QED) is 0.781. The number of carbonyl (C=O) groups is 1. The Kier molecular flexibility index (Phi) is 3.81. The van der Waals surface area contributed by atoms with Gasteiger partial charge in [0.25, 0.3) is 0 Å². The molecule has 1 aromatic carbocycles. The minimum absolute atomic E-state index is 0.0148. The van der Waals surface area contributed by atoms with E-state index >= 15 is 0 Å². The van der Waals surface area contributed by atoms with Crippen LogP contribution in [0.25, 0.3) is 0 Å². The van der Waals surface area contributed by atoms with Crippen molar-refractivity contribution in [2.24, 2.45) is 5.41 Å². The first-order valence-corrected chi connectivity index (χ1v) is 5.50. The molecule has 1 aromatic rings. The second kappa shape index (κ2) is 4.74. The van der Waals surface area contributed by atoms with E-state index in [0.717, 1.165) is 5.56 Å². The number of benzene rings is 1. The van der Waals surface area contributed by atoms with Gasteiger partial charge in [-0.25, -0.2) is 0 Å². The fourth-order valence-corrected chi connectivity index (χ4v) is 1.27. The molecule has 0 saturated heterocycles. The van der Waals surface area contributed by atoms with Gasteiger partial charge in [0.15, 0.2) is 0 Å². The van der Waals surface area contributed by atoms with Gasteiger partial charge in [-0.05, 0) is 17.7 Å². The number of rotatable bonds is 2. The zero-order valence-corrected chi connectivity index (χ0v) is 10.6. The van der Waals surface area contributed by atoms with Crippen LogP contribution in [0.1, 0.15) is 26.3 Å². The van der Waals surface area contributed by atoms with Crippen LogP contribution in [0.15, 0.2) is 18.2 Å². The molecule has 0 atom stereocenters. The highest BCUT2D eigenvalue weighted by atomic mass is 35.5. The molecular weight excluding hydrogens is 224 g/mol. The third-order valence-corrected chi connectivity index (χ3v) is 2.54. The summed E-state index contributed by atoms with van der Waals surface area (Å²) in [5.74, 6) is 0.0148. The maximum atomic E-state index is 11.6. The van der Waals surface area contributed by atoms with E-state index in [1.54, 1.807) is 12.1 Å². The summed E-state index contributed by atoms with van der Waals surface area (Å²) in [5.41, 5.74) is 6.77. The summed E-state index contributed by atoms with van der Waals surface area (Å²) < 4.78 is 0. The van der Waals surface area contributed by atoms with Gasteiger partial charge in [0, 0.05) is 12.0 Å². The van der Waals surface area contributed by atoms with Crippen molar-refractivity contribution in [2.45, 2.75) is 27.3 Å². The van der Waals surface area contributed by atoms with Crippen LogP contribution < -0.4 is 11.1 Å². The summed E-state index contributed by atoms with van der Waals surface area (Å²) in [4.78, 5) is 11.6. The normalized spacial score (nSPS) is 11.2. The SMILES string of the molecule is CC(C)(C)C(=O)NCc1ccc(Cl)c(N)c1. The third kappa shape index (κ3) is 3.42. The van der Waals surface area contributed by atoms with Crippen molar-refractivity contribution >= 4 is 23.2 Å². The maximum Gasteiger partial charge on any atom is 0.225 e. The van der Waals surface area contributed by atoms with Gasteiger partial charge in [-0.15, -0.1) is 0 Å². The Balaban J connectivity index is 2.62. The van der Waals surface area contributed by atoms with Crippen LogP contribution in [0.2, 0.25) is 5.02 Å². The molecule has 0 aliphatic heterocycles. The zero-order chi connectivity index (χ0) is 12.3. The molecule has 0 aromatic heterocycles. The predicted octanol–water partition coefficient (Wildman–Crippen LogP) is 2.58. The van der Waals surface area contributed by atoms with Gasteiger partial charge < -0.3 is 11.1 Å². The van der Waals surface area contributed by atoms with Crippen molar-refractivity contribution in [3.63, 3.8) is 0 Å². The van der Waals surface area contributed by atoms with Gasteiger partial charge in [0.1, 0.15) is 0 Å². The van der Waals surface area contributed by atoms with E-state index in [-0.39, 0.29) is 11.3 Å². The van der Waals surface area contributed by atoms with E-state index in [0.29, 0.717) is 17.3 Å². The highest BCUT2D eigenvalue weighted by molar-refractivity contribution is 6.33. The molecule has 1 amide bonds. The molecule has 16 heavy (non-hydrogen) atoms. The number of amides is 1. The fraction of sp³-hybridized carbons (Fsp3) is 0.417. The first kappa shape index (κ1) is 12.8. The molecular formula is C12H17ClN2O. The fourth-order valence-electron chi connectivity index (χ4n) is 1.15. The standard InChI is InChI=1S/C12H17ClN2O/c1-12(2,3)11(16)15-7-8-4-5-9(13)10(14)6-8/h4-6H,7,14H2,1-3H3,(H,15,16). The van der Waals surface area contributed by atoms with Crippen LogP contribution in [0.4, 0.5) is 5.69 Å². The molecule has 0 spiro atoms. The Labute approximate surface area is 101 Å². The molecule has 0 saturated carbocycles. The van der Waals surface area contributed by atoms with E-state index in [4.69, 9.17) is 17.3 Å². The van der Waals surface area contributed by atoms with Gasteiger partial charge in [-0.2, -0.15) is 0 Å². The van der Waals surface area contributed by atoms with Crippen molar-refractivity contribution in [2.75, 3.05) is 5.73 Å². The summed E-state index contributed by atoms with van der Waals surface area (Å²) in [7, 11) is 0. The lowest BCUT2D eigenvalue weighted by atomic mass is 9.95. The summed E-state index contributed by atoms with van der Waals surface area (Å²) in [5, 5.41) is 3.38.